The second-order valence-corrected chi connectivity index (χ2v) is 8.75. The lowest BCUT2D eigenvalue weighted by molar-refractivity contribution is -0.359. The number of nitrogens with two attached hydrogens (primary N) is 2. The van der Waals surface area contributed by atoms with Gasteiger partial charge >= 0.3 is 0 Å². The molecule has 2 fully saturated rings. The van der Waals surface area contributed by atoms with Crippen LogP contribution in [0.1, 0.15) is 36.0 Å². The average Bonchev–Trinajstić information content (AvgIpc) is 3.68. The Morgan fingerprint density at radius 3 is 2.58 bits per heavy atom. The maximum Gasteiger partial charge on any atom is 0.282 e. The van der Waals surface area contributed by atoms with Gasteiger partial charge in [-0.15, -0.1) is 0 Å². The molecule has 3 aromatic heterocycles. The molecule has 156 valence electrons. The third-order valence-corrected chi connectivity index (χ3v) is 6.48. The number of rotatable bonds is 6. The Kier molecular flexibility index (Phi) is 3.89. The van der Waals surface area contributed by atoms with Crippen LogP contribution in [0, 0.1) is 11.8 Å². The number of aromatic nitrogens is 4. The number of nitrogens with zero attached hydrogens (tertiary/aromatic N) is 2. The number of benzene rings is 1. The number of hydrogen-bond acceptors (Lipinski definition) is 5. The molecule has 0 bridgehead atoms. The number of amides is 1. The van der Waals surface area contributed by atoms with Gasteiger partial charge in [0.25, 0.3) is 11.7 Å². The zero-order valence-corrected chi connectivity index (χ0v) is 17.0. The van der Waals surface area contributed by atoms with Crippen LogP contribution < -0.4 is 21.8 Å². The molecule has 1 aromatic carbocycles. The van der Waals surface area contributed by atoms with Crippen LogP contribution in [0.3, 0.4) is 0 Å². The number of carbonyl (C=O) groups excluding carboxylic acids is 1. The number of nitrogen functional groups attached to an aromatic ring is 1. The predicted molar refractivity (Wildman–Crippen MR) is 119 cm³/mol. The van der Waals surface area contributed by atoms with Crippen molar-refractivity contribution in [1.82, 2.24) is 15.0 Å². The SMILES string of the molecule is NC(=O)c1c[nH+]c(NC(C2CC2)C2CC2)c2c1[nH]c1cc(-c3cnc(N)cn3)ccc12. The average molecular weight is 414 g/mol. The standard InChI is InChI=1S/C23H23N7O/c24-18-10-26-17(9-27-18)13-5-6-14-16(7-13)29-21-15(22(25)31)8-28-23(19(14)21)30-20(11-1-2-11)12-3-4-12/h5-12,20,29H,1-4H2,(H2,24,27)(H2,25,31)(H,28,30)/p+1. The van der Waals surface area contributed by atoms with Gasteiger partial charge in [-0.2, -0.15) is 0 Å². The number of anilines is 2. The number of nitrogens with one attached hydrogen (secondary N) is 3. The molecule has 2 aliphatic rings. The lowest BCUT2D eigenvalue weighted by atomic mass is 10.1. The zero-order valence-electron chi connectivity index (χ0n) is 17.0. The second kappa shape index (κ2) is 6.66. The molecule has 0 radical (unpaired) electrons. The molecule has 0 saturated heterocycles. The van der Waals surface area contributed by atoms with Crippen LogP contribution in [-0.4, -0.2) is 26.9 Å². The van der Waals surface area contributed by atoms with E-state index in [-0.39, 0.29) is 0 Å². The van der Waals surface area contributed by atoms with E-state index in [1.807, 2.05) is 12.1 Å². The monoisotopic (exact) mass is 414 g/mol. The molecule has 2 saturated carbocycles. The van der Waals surface area contributed by atoms with Gasteiger partial charge in [0.15, 0.2) is 0 Å². The molecular weight excluding hydrogens is 390 g/mol. The van der Waals surface area contributed by atoms with E-state index in [1.165, 1.54) is 25.7 Å². The minimum absolute atomic E-state index is 0.383. The van der Waals surface area contributed by atoms with Gasteiger partial charge in [0.1, 0.15) is 17.6 Å². The first-order valence-corrected chi connectivity index (χ1v) is 10.7. The fraction of sp³-hybridized carbons (Fsp3) is 0.304. The van der Waals surface area contributed by atoms with Gasteiger partial charge in [0, 0.05) is 16.5 Å². The van der Waals surface area contributed by atoms with E-state index in [9.17, 15) is 4.79 Å². The maximum atomic E-state index is 12.1. The van der Waals surface area contributed by atoms with Crippen molar-refractivity contribution in [2.24, 2.45) is 17.6 Å². The molecule has 2 aliphatic carbocycles. The number of primary amides is 1. The Morgan fingerprint density at radius 2 is 1.94 bits per heavy atom. The Morgan fingerprint density at radius 1 is 1.16 bits per heavy atom. The Balaban J connectivity index is 1.51. The van der Waals surface area contributed by atoms with Gasteiger partial charge in [-0.3, -0.25) is 15.1 Å². The molecule has 3 heterocycles. The first-order valence-electron chi connectivity index (χ1n) is 10.7. The molecule has 8 heteroatoms. The Bertz CT molecular complexity index is 1310. The van der Waals surface area contributed by atoms with Gasteiger partial charge in [0.2, 0.25) is 0 Å². The second-order valence-electron chi connectivity index (χ2n) is 8.75. The molecule has 8 nitrogen and oxygen atoms in total. The molecule has 0 aliphatic heterocycles. The van der Waals surface area contributed by atoms with Gasteiger partial charge in [-0.25, -0.2) is 9.97 Å². The van der Waals surface area contributed by atoms with Crippen LogP contribution in [0.4, 0.5) is 11.6 Å². The summed E-state index contributed by atoms with van der Waals surface area (Å²) in [4.78, 5) is 27.4. The minimum Gasteiger partial charge on any atom is -0.382 e. The van der Waals surface area contributed by atoms with E-state index in [1.54, 1.807) is 18.6 Å². The summed E-state index contributed by atoms with van der Waals surface area (Å²) in [5.74, 6) is 2.34. The van der Waals surface area contributed by atoms with Crippen molar-refractivity contribution < 1.29 is 9.78 Å². The van der Waals surface area contributed by atoms with Crippen LogP contribution in [0.25, 0.3) is 33.1 Å². The lowest BCUT2D eigenvalue weighted by Crippen LogP contribution is -2.29. The normalized spacial score (nSPS) is 16.3. The summed E-state index contributed by atoms with van der Waals surface area (Å²) in [6.07, 6.45) is 10.1. The number of pyridine rings is 1. The van der Waals surface area contributed by atoms with E-state index in [0.717, 1.165) is 50.7 Å². The molecule has 31 heavy (non-hydrogen) atoms. The summed E-state index contributed by atoms with van der Waals surface area (Å²) in [6.45, 7) is 0. The number of H-pyrrole nitrogens is 2. The highest BCUT2D eigenvalue weighted by atomic mass is 16.1. The smallest absolute Gasteiger partial charge is 0.282 e. The summed E-state index contributed by atoms with van der Waals surface area (Å²) >= 11 is 0. The van der Waals surface area contributed by atoms with E-state index >= 15 is 0 Å². The highest BCUT2D eigenvalue weighted by Gasteiger charge is 2.45. The Hall–Kier alpha value is -3.68. The molecule has 0 spiro atoms. The molecule has 4 aromatic rings. The quantitative estimate of drug-likeness (QED) is 0.384. The summed E-state index contributed by atoms with van der Waals surface area (Å²) in [5.41, 5.74) is 15.1. The predicted octanol–water partition coefficient (Wildman–Crippen LogP) is 2.87. The fourth-order valence-electron chi connectivity index (χ4n) is 4.60. The third-order valence-electron chi connectivity index (χ3n) is 6.48. The van der Waals surface area contributed by atoms with E-state index in [0.29, 0.717) is 17.4 Å². The summed E-state index contributed by atoms with van der Waals surface area (Å²) in [6, 6.07) is 6.56. The van der Waals surface area contributed by atoms with Crippen LogP contribution >= 0.6 is 0 Å². The van der Waals surface area contributed by atoms with E-state index < -0.39 is 5.91 Å². The highest BCUT2D eigenvalue weighted by molar-refractivity contribution is 6.17. The molecule has 6 rings (SSSR count). The van der Waals surface area contributed by atoms with Crippen LogP contribution in [0.5, 0.6) is 0 Å². The van der Waals surface area contributed by atoms with Crippen molar-refractivity contribution in [2.75, 3.05) is 11.1 Å². The number of fused-ring (bicyclic) bond motifs is 3. The summed E-state index contributed by atoms with van der Waals surface area (Å²) in [7, 11) is 0. The van der Waals surface area contributed by atoms with Gasteiger partial charge in [-0.1, -0.05) is 12.1 Å². The molecule has 1 amide bonds. The highest BCUT2D eigenvalue weighted by Crippen LogP contribution is 2.46. The first kappa shape index (κ1) is 18.1. The number of hydrogen-bond donors (Lipinski definition) is 4. The molecule has 0 atom stereocenters. The third kappa shape index (κ3) is 3.15. The van der Waals surface area contributed by atoms with Crippen molar-refractivity contribution in [3.05, 3.63) is 42.4 Å². The van der Waals surface area contributed by atoms with E-state index in [2.05, 4.69) is 31.3 Å². The van der Waals surface area contributed by atoms with Crippen LogP contribution in [-0.2, 0) is 0 Å². The van der Waals surface area contributed by atoms with Crippen molar-refractivity contribution in [2.45, 2.75) is 31.7 Å². The largest absolute Gasteiger partial charge is 0.382 e. The first-order chi connectivity index (χ1) is 15.1. The van der Waals surface area contributed by atoms with Crippen molar-refractivity contribution in [3.8, 4) is 11.3 Å². The minimum atomic E-state index is -0.468. The van der Waals surface area contributed by atoms with Crippen LogP contribution in [0.15, 0.2) is 36.8 Å². The topological polar surface area (TPSA) is 137 Å². The fourth-order valence-corrected chi connectivity index (χ4v) is 4.60. The van der Waals surface area contributed by atoms with Gasteiger partial charge in [-0.05, 0) is 43.6 Å². The molecule has 7 N–H and O–H groups in total. The van der Waals surface area contributed by atoms with Crippen LogP contribution in [0.2, 0.25) is 0 Å². The van der Waals surface area contributed by atoms with Gasteiger partial charge < -0.3 is 16.5 Å². The Labute approximate surface area is 178 Å². The summed E-state index contributed by atoms with van der Waals surface area (Å²) < 4.78 is 0. The van der Waals surface area contributed by atoms with Crippen molar-refractivity contribution >= 4 is 39.3 Å². The molecule has 0 unspecified atom stereocenters. The molecular formula is C23H24N7O+. The van der Waals surface area contributed by atoms with Gasteiger partial charge in [0.05, 0.1) is 35.0 Å². The lowest BCUT2D eigenvalue weighted by Gasteiger charge is -2.13. The zero-order chi connectivity index (χ0) is 21.1. The van der Waals surface area contributed by atoms with Crippen molar-refractivity contribution in [1.29, 1.82) is 0 Å². The number of carbonyl (C=O) groups is 1. The maximum absolute atomic E-state index is 12.1. The van der Waals surface area contributed by atoms with E-state index in [4.69, 9.17) is 11.5 Å². The van der Waals surface area contributed by atoms with Crippen molar-refractivity contribution in [3.63, 3.8) is 0 Å². The summed E-state index contributed by atoms with van der Waals surface area (Å²) in [5, 5.41) is 5.77. The number of aromatic amines is 2.